The average molecular weight is 290 g/mol. The van der Waals surface area contributed by atoms with Gasteiger partial charge in [-0.25, -0.2) is 4.39 Å². The number of fused-ring (bicyclic) bond motifs is 1. The summed E-state index contributed by atoms with van der Waals surface area (Å²) in [6.07, 6.45) is 1.93. The Labute approximate surface area is 122 Å². The van der Waals surface area contributed by atoms with Crippen molar-refractivity contribution in [1.82, 2.24) is 9.88 Å². The second kappa shape index (κ2) is 5.48. The Morgan fingerprint density at radius 3 is 3.05 bits per heavy atom. The molecule has 2 aromatic rings. The zero-order valence-electron chi connectivity index (χ0n) is 12.3. The highest BCUT2D eigenvalue weighted by Crippen LogP contribution is 2.27. The largest absolute Gasteiger partial charge is 0.383 e. The second-order valence-corrected chi connectivity index (χ2v) is 5.54. The van der Waals surface area contributed by atoms with Crippen LogP contribution in [0.2, 0.25) is 0 Å². The van der Waals surface area contributed by atoms with Crippen LogP contribution in [0.1, 0.15) is 28.9 Å². The van der Waals surface area contributed by atoms with Gasteiger partial charge in [-0.05, 0) is 31.4 Å². The van der Waals surface area contributed by atoms with Crippen LogP contribution in [0, 0.1) is 12.7 Å². The molecule has 21 heavy (non-hydrogen) atoms. The third kappa shape index (κ3) is 2.31. The number of aryl methyl sites for hydroxylation is 1. The summed E-state index contributed by atoms with van der Waals surface area (Å²) in [4.78, 5) is 17.5. The number of H-pyrrole nitrogens is 1. The molecular formula is C16H19FN2O2. The Bertz CT molecular complexity index is 680. The summed E-state index contributed by atoms with van der Waals surface area (Å²) in [5.74, 6) is -0.396. The van der Waals surface area contributed by atoms with Crippen LogP contribution in [0.5, 0.6) is 0 Å². The lowest BCUT2D eigenvalue weighted by Crippen LogP contribution is -2.38. The summed E-state index contributed by atoms with van der Waals surface area (Å²) in [5, 5.41) is 0.765. The molecule has 4 nitrogen and oxygen atoms in total. The highest BCUT2D eigenvalue weighted by atomic mass is 19.1. The molecular weight excluding hydrogens is 271 g/mol. The Balaban J connectivity index is 1.98. The van der Waals surface area contributed by atoms with Gasteiger partial charge in [0.15, 0.2) is 0 Å². The van der Waals surface area contributed by atoms with E-state index in [1.165, 1.54) is 6.07 Å². The van der Waals surface area contributed by atoms with E-state index in [4.69, 9.17) is 4.74 Å². The lowest BCUT2D eigenvalue weighted by molar-refractivity contribution is 0.0625. The summed E-state index contributed by atoms with van der Waals surface area (Å²) in [6, 6.07) is 5.00. The van der Waals surface area contributed by atoms with E-state index in [0.717, 1.165) is 30.3 Å². The summed E-state index contributed by atoms with van der Waals surface area (Å²) < 4.78 is 19.0. The number of rotatable bonds is 3. The lowest BCUT2D eigenvalue weighted by atomic mass is 10.1. The number of amides is 1. The number of ether oxygens (including phenoxy) is 1. The predicted molar refractivity (Wildman–Crippen MR) is 78.9 cm³/mol. The Hall–Kier alpha value is -1.88. The summed E-state index contributed by atoms with van der Waals surface area (Å²) >= 11 is 0. The fourth-order valence-electron chi connectivity index (χ4n) is 3.14. The minimum atomic E-state index is -0.329. The van der Waals surface area contributed by atoms with Crippen molar-refractivity contribution in [3.8, 4) is 0 Å². The van der Waals surface area contributed by atoms with Crippen molar-refractivity contribution in [2.24, 2.45) is 0 Å². The maximum absolute atomic E-state index is 13.8. The Morgan fingerprint density at radius 2 is 2.33 bits per heavy atom. The molecule has 1 atom stereocenters. The Morgan fingerprint density at radius 1 is 1.52 bits per heavy atom. The molecule has 0 spiro atoms. The maximum Gasteiger partial charge on any atom is 0.270 e. The number of aromatic amines is 1. The molecule has 0 radical (unpaired) electrons. The van der Waals surface area contributed by atoms with Crippen LogP contribution in [0.4, 0.5) is 4.39 Å². The molecule has 1 amide bonds. The van der Waals surface area contributed by atoms with Gasteiger partial charge in [0.25, 0.3) is 5.91 Å². The van der Waals surface area contributed by atoms with Gasteiger partial charge >= 0.3 is 0 Å². The zero-order chi connectivity index (χ0) is 15.0. The molecule has 112 valence electrons. The van der Waals surface area contributed by atoms with E-state index in [-0.39, 0.29) is 17.8 Å². The van der Waals surface area contributed by atoms with Gasteiger partial charge in [0, 0.05) is 19.0 Å². The molecule has 0 aliphatic carbocycles. The van der Waals surface area contributed by atoms with Crippen LogP contribution in [0.25, 0.3) is 10.9 Å². The van der Waals surface area contributed by atoms with Crippen molar-refractivity contribution in [2.45, 2.75) is 25.8 Å². The molecule has 1 N–H and O–H groups in total. The van der Waals surface area contributed by atoms with E-state index in [9.17, 15) is 9.18 Å². The van der Waals surface area contributed by atoms with E-state index in [0.29, 0.717) is 17.8 Å². The molecule has 2 heterocycles. The molecule has 1 aliphatic heterocycles. The van der Waals surface area contributed by atoms with Gasteiger partial charge in [-0.3, -0.25) is 4.79 Å². The number of halogens is 1. The number of hydrogen-bond acceptors (Lipinski definition) is 2. The number of nitrogens with zero attached hydrogens (tertiary/aromatic N) is 1. The van der Waals surface area contributed by atoms with Gasteiger partial charge in [0.05, 0.1) is 18.2 Å². The van der Waals surface area contributed by atoms with Gasteiger partial charge in [-0.2, -0.15) is 0 Å². The molecule has 0 saturated carbocycles. The van der Waals surface area contributed by atoms with Crippen molar-refractivity contribution in [3.05, 3.63) is 35.3 Å². The van der Waals surface area contributed by atoms with Crippen LogP contribution >= 0.6 is 0 Å². The number of carbonyl (C=O) groups is 1. The molecule has 1 aromatic heterocycles. The molecule has 5 heteroatoms. The Kier molecular flexibility index (Phi) is 3.68. The van der Waals surface area contributed by atoms with E-state index >= 15 is 0 Å². The quantitative estimate of drug-likeness (QED) is 0.944. The predicted octanol–water partition coefficient (Wildman–Crippen LogP) is 2.87. The van der Waals surface area contributed by atoms with Crippen LogP contribution in [-0.4, -0.2) is 42.1 Å². The van der Waals surface area contributed by atoms with Gasteiger partial charge in [0.1, 0.15) is 11.5 Å². The van der Waals surface area contributed by atoms with E-state index in [1.807, 2.05) is 17.9 Å². The van der Waals surface area contributed by atoms with Crippen LogP contribution in [-0.2, 0) is 4.74 Å². The van der Waals surface area contributed by atoms with Crippen LogP contribution in [0.15, 0.2) is 18.2 Å². The highest BCUT2D eigenvalue weighted by molar-refractivity contribution is 6.01. The first-order chi connectivity index (χ1) is 10.1. The topological polar surface area (TPSA) is 45.3 Å². The first-order valence-corrected chi connectivity index (χ1v) is 7.20. The van der Waals surface area contributed by atoms with Crippen molar-refractivity contribution in [1.29, 1.82) is 0 Å². The molecule has 3 rings (SSSR count). The van der Waals surface area contributed by atoms with Gasteiger partial charge in [0.2, 0.25) is 0 Å². The van der Waals surface area contributed by atoms with E-state index in [2.05, 4.69) is 4.98 Å². The number of carbonyl (C=O) groups excluding carboxylic acids is 1. The van der Waals surface area contributed by atoms with Crippen molar-refractivity contribution in [3.63, 3.8) is 0 Å². The number of methoxy groups -OCH3 is 1. The standard InChI is InChI=1S/C16H19FN2O2/c1-10-12-6-3-7-13(17)15(12)18-14(10)16(20)19-8-4-5-11(19)9-21-2/h3,6-7,11,18H,4-5,8-9H2,1-2H3/t11-/m1/s1. The van der Waals surface area contributed by atoms with Gasteiger partial charge in [-0.1, -0.05) is 12.1 Å². The van der Waals surface area contributed by atoms with Gasteiger partial charge < -0.3 is 14.6 Å². The fourth-order valence-corrected chi connectivity index (χ4v) is 3.14. The number of likely N-dealkylation sites (tertiary alicyclic amines) is 1. The van der Waals surface area contributed by atoms with Gasteiger partial charge in [-0.15, -0.1) is 0 Å². The lowest BCUT2D eigenvalue weighted by Gasteiger charge is -2.23. The van der Waals surface area contributed by atoms with Crippen LogP contribution < -0.4 is 0 Å². The smallest absolute Gasteiger partial charge is 0.270 e. The molecule has 1 fully saturated rings. The number of nitrogens with one attached hydrogen (secondary N) is 1. The maximum atomic E-state index is 13.8. The summed E-state index contributed by atoms with van der Waals surface area (Å²) in [6.45, 7) is 3.12. The molecule has 1 aromatic carbocycles. The highest BCUT2D eigenvalue weighted by Gasteiger charge is 2.31. The van der Waals surface area contributed by atoms with Crippen molar-refractivity contribution in [2.75, 3.05) is 20.3 Å². The number of para-hydroxylation sites is 1. The first kappa shape index (κ1) is 14.1. The zero-order valence-corrected chi connectivity index (χ0v) is 12.3. The summed E-state index contributed by atoms with van der Waals surface area (Å²) in [5.41, 5.74) is 1.69. The monoisotopic (exact) mass is 290 g/mol. The number of aromatic nitrogens is 1. The van der Waals surface area contributed by atoms with E-state index in [1.54, 1.807) is 13.2 Å². The average Bonchev–Trinajstić information content (AvgIpc) is 3.05. The minimum absolute atomic E-state index is 0.0670. The minimum Gasteiger partial charge on any atom is -0.383 e. The third-order valence-electron chi connectivity index (χ3n) is 4.25. The van der Waals surface area contributed by atoms with Crippen LogP contribution in [0.3, 0.4) is 0 Å². The van der Waals surface area contributed by atoms with Crippen molar-refractivity contribution >= 4 is 16.8 Å². The number of hydrogen-bond donors (Lipinski definition) is 1. The normalized spacial score (nSPS) is 18.6. The fraction of sp³-hybridized carbons (Fsp3) is 0.438. The third-order valence-corrected chi connectivity index (χ3v) is 4.25. The number of benzene rings is 1. The second-order valence-electron chi connectivity index (χ2n) is 5.54. The molecule has 1 aliphatic rings. The SMILES string of the molecule is COC[C@H]1CCCN1C(=O)c1[nH]c2c(F)cccc2c1C. The molecule has 1 saturated heterocycles. The van der Waals surface area contributed by atoms with E-state index < -0.39 is 0 Å². The molecule has 0 bridgehead atoms. The first-order valence-electron chi connectivity index (χ1n) is 7.20. The summed E-state index contributed by atoms with van der Waals surface area (Å²) in [7, 11) is 1.64. The molecule has 0 unspecified atom stereocenters. The van der Waals surface area contributed by atoms with Crippen molar-refractivity contribution < 1.29 is 13.9 Å².